The molecule has 1 unspecified atom stereocenters. The van der Waals surface area contributed by atoms with Crippen molar-refractivity contribution in [2.24, 2.45) is 0 Å². The zero-order chi connectivity index (χ0) is 27.2. The summed E-state index contributed by atoms with van der Waals surface area (Å²) in [4.78, 5) is 27.7. The third-order valence-corrected chi connectivity index (χ3v) is 8.00. The van der Waals surface area contributed by atoms with Gasteiger partial charge in [0.2, 0.25) is 11.8 Å². The smallest absolute Gasteiger partial charge is 0.264 e. The van der Waals surface area contributed by atoms with Crippen molar-refractivity contribution in [3.63, 3.8) is 0 Å². The summed E-state index contributed by atoms with van der Waals surface area (Å²) in [6.45, 7) is 2.93. The van der Waals surface area contributed by atoms with E-state index in [0.29, 0.717) is 11.3 Å². The van der Waals surface area contributed by atoms with Gasteiger partial charge in [0.15, 0.2) is 0 Å². The molecular formula is C27H30ClN3O5S. The molecule has 196 valence electrons. The highest BCUT2D eigenvalue weighted by atomic mass is 35.5. The Balaban J connectivity index is 2.04. The fourth-order valence-corrected chi connectivity index (χ4v) is 5.48. The van der Waals surface area contributed by atoms with Crippen LogP contribution in [-0.2, 0) is 26.2 Å². The molecule has 0 saturated carbocycles. The molecule has 37 heavy (non-hydrogen) atoms. The van der Waals surface area contributed by atoms with Crippen LogP contribution >= 0.6 is 11.6 Å². The van der Waals surface area contributed by atoms with Crippen molar-refractivity contribution in [1.82, 2.24) is 10.2 Å². The lowest BCUT2D eigenvalue weighted by Crippen LogP contribution is -2.50. The van der Waals surface area contributed by atoms with Crippen LogP contribution in [0.25, 0.3) is 0 Å². The third kappa shape index (κ3) is 6.61. The summed E-state index contributed by atoms with van der Waals surface area (Å²) in [6, 6.07) is 19.0. The van der Waals surface area contributed by atoms with Gasteiger partial charge in [0.1, 0.15) is 18.3 Å². The summed E-state index contributed by atoms with van der Waals surface area (Å²) >= 11 is 6.39. The third-order valence-electron chi connectivity index (χ3n) is 5.91. The number of nitrogens with zero attached hydrogens (tertiary/aromatic N) is 2. The molecule has 1 atom stereocenters. The minimum atomic E-state index is -4.18. The number of methoxy groups -OCH3 is 1. The maximum Gasteiger partial charge on any atom is 0.264 e. The largest absolute Gasteiger partial charge is 0.497 e. The first kappa shape index (κ1) is 28.0. The molecule has 0 heterocycles. The summed E-state index contributed by atoms with van der Waals surface area (Å²) in [5, 5.41) is 2.72. The highest BCUT2D eigenvalue weighted by Crippen LogP contribution is 2.31. The van der Waals surface area contributed by atoms with Crippen molar-refractivity contribution in [2.75, 3.05) is 25.0 Å². The number of likely N-dealkylation sites (N-methyl/N-ethyl adjacent to an activating group) is 1. The Bertz CT molecular complexity index is 1360. The molecule has 8 nitrogen and oxygen atoms in total. The van der Waals surface area contributed by atoms with E-state index in [4.69, 9.17) is 16.3 Å². The lowest BCUT2D eigenvalue weighted by atomic mass is 10.1. The van der Waals surface area contributed by atoms with E-state index in [-0.39, 0.29) is 28.1 Å². The highest BCUT2D eigenvalue weighted by molar-refractivity contribution is 7.92. The second-order valence-corrected chi connectivity index (χ2v) is 10.7. The molecule has 3 aromatic carbocycles. The molecule has 0 aliphatic rings. The van der Waals surface area contributed by atoms with E-state index in [0.717, 1.165) is 9.87 Å². The molecule has 0 bridgehead atoms. The van der Waals surface area contributed by atoms with Crippen LogP contribution in [0.4, 0.5) is 5.69 Å². The maximum absolute atomic E-state index is 13.8. The fraction of sp³-hybridized carbons (Fsp3) is 0.259. The predicted octanol–water partition coefficient (Wildman–Crippen LogP) is 4.02. The molecule has 0 radical (unpaired) electrons. The zero-order valence-corrected chi connectivity index (χ0v) is 22.7. The van der Waals surface area contributed by atoms with E-state index < -0.39 is 28.5 Å². The molecule has 0 fully saturated rings. The molecular weight excluding hydrogens is 514 g/mol. The van der Waals surface area contributed by atoms with Crippen molar-refractivity contribution in [2.45, 2.75) is 31.3 Å². The van der Waals surface area contributed by atoms with Gasteiger partial charge in [-0.05, 0) is 55.8 Å². The van der Waals surface area contributed by atoms with Crippen LogP contribution in [0.3, 0.4) is 0 Å². The van der Waals surface area contributed by atoms with Crippen molar-refractivity contribution in [3.05, 3.63) is 88.9 Å². The summed E-state index contributed by atoms with van der Waals surface area (Å²) < 4.78 is 33.8. The molecule has 3 aromatic rings. The van der Waals surface area contributed by atoms with E-state index in [1.165, 1.54) is 37.3 Å². The first-order chi connectivity index (χ1) is 17.6. The maximum atomic E-state index is 13.8. The van der Waals surface area contributed by atoms with Gasteiger partial charge in [0.05, 0.1) is 22.7 Å². The minimum Gasteiger partial charge on any atom is -0.497 e. The van der Waals surface area contributed by atoms with E-state index in [1.807, 2.05) is 6.92 Å². The molecule has 1 N–H and O–H groups in total. The summed E-state index contributed by atoms with van der Waals surface area (Å²) in [5.41, 5.74) is 1.77. The summed E-state index contributed by atoms with van der Waals surface area (Å²) in [6.07, 6.45) is 0. The Morgan fingerprint density at radius 1 is 1.03 bits per heavy atom. The number of hydrogen-bond donors (Lipinski definition) is 1. The van der Waals surface area contributed by atoms with Crippen LogP contribution in [0, 0.1) is 6.92 Å². The number of nitrogens with one attached hydrogen (secondary N) is 1. The molecule has 3 rings (SSSR count). The Morgan fingerprint density at radius 2 is 1.70 bits per heavy atom. The monoisotopic (exact) mass is 543 g/mol. The van der Waals surface area contributed by atoms with Gasteiger partial charge in [-0.25, -0.2) is 8.42 Å². The summed E-state index contributed by atoms with van der Waals surface area (Å²) in [7, 11) is -1.16. The Morgan fingerprint density at radius 3 is 2.32 bits per heavy atom. The molecule has 0 aromatic heterocycles. The van der Waals surface area contributed by atoms with Gasteiger partial charge in [-0.3, -0.25) is 13.9 Å². The Kier molecular flexibility index (Phi) is 9.18. The van der Waals surface area contributed by atoms with Gasteiger partial charge in [-0.15, -0.1) is 0 Å². The summed E-state index contributed by atoms with van der Waals surface area (Å²) in [5.74, 6) is -0.367. The van der Waals surface area contributed by atoms with Gasteiger partial charge in [0.25, 0.3) is 10.0 Å². The molecule has 10 heteroatoms. The molecule has 2 amide bonds. The van der Waals surface area contributed by atoms with Crippen LogP contribution in [0.1, 0.15) is 18.1 Å². The molecule has 0 aliphatic heterocycles. The fourth-order valence-electron chi connectivity index (χ4n) is 3.76. The van der Waals surface area contributed by atoms with Crippen molar-refractivity contribution < 1.29 is 22.7 Å². The van der Waals surface area contributed by atoms with Crippen LogP contribution in [0.15, 0.2) is 77.7 Å². The minimum absolute atomic E-state index is 0.0181. The zero-order valence-electron chi connectivity index (χ0n) is 21.1. The lowest BCUT2D eigenvalue weighted by Gasteiger charge is -2.32. The van der Waals surface area contributed by atoms with Crippen LogP contribution in [-0.4, -0.2) is 51.9 Å². The number of sulfonamides is 1. The van der Waals surface area contributed by atoms with E-state index in [9.17, 15) is 18.0 Å². The number of carbonyl (C=O) groups excluding carboxylic acids is 2. The number of benzene rings is 3. The number of rotatable bonds is 10. The van der Waals surface area contributed by atoms with Gasteiger partial charge in [0, 0.05) is 13.6 Å². The van der Waals surface area contributed by atoms with Crippen LogP contribution in [0.2, 0.25) is 5.02 Å². The number of ether oxygens (including phenoxy) is 1. The predicted molar refractivity (Wildman–Crippen MR) is 144 cm³/mol. The molecule has 0 aliphatic carbocycles. The Hall–Kier alpha value is -3.56. The number of hydrogen-bond acceptors (Lipinski definition) is 5. The normalized spacial score (nSPS) is 11.9. The van der Waals surface area contributed by atoms with Crippen LogP contribution in [0.5, 0.6) is 5.75 Å². The number of anilines is 1. The average molecular weight is 544 g/mol. The standard InChI is InChI=1S/C27H30ClN3O5S/c1-19-12-14-23(15-13-19)37(34,35)31(25-11-6-5-10-24(25)28)18-26(32)30(20(2)27(33)29-3)17-21-8-7-9-22(16-21)36-4/h5-16,20H,17-18H2,1-4H3,(H,29,33). The lowest BCUT2D eigenvalue weighted by molar-refractivity contribution is -0.139. The molecule has 0 spiro atoms. The second kappa shape index (κ2) is 12.1. The van der Waals surface area contributed by atoms with Crippen molar-refractivity contribution in [3.8, 4) is 5.75 Å². The number of para-hydroxylation sites is 1. The van der Waals surface area contributed by atoms with E-state index in [2.05, 4.69) is 5.32 Å². The second-order valence-electron chi connectivity index (χ2n) is 8.44. The van der Waals surface area contributed by atoms with Crippen molar-refractivity contribution in [1.29, 1.82) is 0 Å². The first-order valence-electron chi connectivity index (χ1n) is 11.6. The van der Waals surface area contributed by atoms with E-state index in [1.54, 1.807) is 61.5 Å². The van der Waals surface area contributed by atoms with E-state index >= 15 is 0 Å². The van der Waals surface area contributed by atoms with Crippen molar-refractivity contribution >= 4 is 39.1 Å². The number of halogens is 1. The molecule has 0 saturated heterocycles. The number of aryl methyl sites for hydroxylation is 1. The number of amides is 2. The van der Waals surface area contributed by atoms with Gasteiger partial charge >= 0.3 is 0 Å². The topological polar surface area (TPSA) is 96.0 Å². The van der Waals surface area contributed by atoms with Gasteiger partial charge < -0.3 is 15.0 Å². The highest BCUT2D eigenvalue weighted by Gasteiger charge is 2.33. The quantitative estimate of drug-likeness (QED) is 0.417. The average Bonchev–Trinajstić information content (AvgIpc) is 2.90. The van der Waals surface area contributed by atoms with Crippen LogP contribution < -0.4 is 14.4 Å². The van der Waals surface area contributed by atoms with Gasteiger partial charge in [-0.1, -0.05) is 53.6 Å². The number of carbonyl (C=O) groups is 2. The first-order valence-corrected chi connectivity index (χ1v) is 13.4. The van der Waals surface area contributed by atoms with Gasteiger partial charge in [-0.2, -0.15) is 0 Å². The SMILES string of the molecule is CNC(=O)C(C)N(Cc1cccc(OC)c1)C(=O)CN(c1ccccc1Cl)S(=O)(=O)c1ccc(C)cc1. The Labute approximate surface area is 222 Å².